The number of hydrogen-bond donors (Lipinski definition) is 2. The first kappa shape index (κ1) is 13.4. The Morgan fingerprint density at radius 3 is 2.89 bits per heavy atom. The van der Waals surface area contributed by atoms with Crippen molar-refractivity contribution in [3.05, 3.63) is 28.4 Å². The number of amides is 1. The molecule has 1 aromatic carbocycles. The Kier molecular flexibility index (Phi) is 3.75. The van der Waals surface area contributed by atoms with Crippen molar-refractivity contribution in [3.63, 3.8) is 0 Å². The van der Waals surface area contributed by atoms with Gasteiger partial charge in [-0.2, -0.15) is 0 Å². The van der Waals surface area contributed by atoms with E-state index in [0.717, 1.165) is 4.47 Å². The molecule has 0 saturated heterocycles. The molecule has 0 aliphatic rings. The molecule has 0 fully saturated rings. The topological polar surface area (TPSA) is 84.6 Å². The number of carbonyl (C=O) groups is 1. The van der Waals surface area contributed by atoms with E-state index in [2.05, 4.69) is 26.4 Å². The number of anilines is 1. The lowest BCUT2D eigenvalue weighted by molar-refractivity contribution is 0.209. The van der Waals surface area contributed by atoms with Gasteiger partial charge in [0.2, 0.25) is 0 Å². The van der Waals surface area contributed by atoms with Crippen molar-refractivity contribution >= 4 is 27.7 Å². The highest BCUT2D eigenvalue weighted by atomic mass is 79.9. The van der Waals surface area contributed by atoms with Crippen molar-refractivity contribution in [3.8, 4) is 17.1 Å². The van der Waals surface area contributed by atoms with Gasteiger partial charge in [-0.05, 0) is 25.1 Å². The van der Waals surface area contributed by atoms with E-state index in [1.165, 1.54) is 7.11 Å². The Morgan fingerprint density at radius 1 is 1.53 bits per heavy atom. The molecule has 0 bridgehead atoms. The highest BCUT2D eigenvalue weighted by Gasteiger charge is 2.20. The lowest BCUT2D eigenvalue weighted by Gasteiger charge is -2.08. The fraction of sp³-hybridized carbons (Fsp3) is 0.167. The normalized spacial score (nSPS) is 10.3. The van der Waals surface area contributed by atoms with E-state index in [9.17, 15) is 4.79 Å². The molecule has 1 aromatic heterocycles. The molecular formula is C12H11BrN2O4. The van der Waals surface area contributed by atoms with Crippen LogP contribution in [0.2, 0.25) is 0 Å². The summed E-state index contributed by atoms with van der Waals surface area (Å²) in [5, 5.41) is 14.9. The van der Waals surface area contributed by atoms with Crippen LogP contribution in [0.3, 0.4) is 0 Å². The molecule has 2 aromatic rings. The van der Waals surface area contributed by atoms with Gasteiger partial charge in [-0.15, -0.1) is 0 Å². The monoisotopic (exact) mass is 326 g/mol. The number of nitrogens with one attached hydrogen (secondary N) is 1. The fourth-order valence-corrected chi connectivity index (χ4v) is 2.00. The summed E-state index contributed by atoms with van der Waals surface area (Å²) in [5.41, 5.74) is 1.39. The van der Waals surface area contributed by atoms with Crippen LogP contribution in [0.5, 0.6) is 5.75 Å². The molecule has 0 spiro atoms. The third kappa shape index (κ3) is 2.70. The molecule has 0 aliphatic carbocycles. The quantitative estimate of drug-likeness (QED) is 0.901. The number of hydrogen-bond acceptors (Lipinski definition) is 4. The van der Waals surface area contributed by atoms with Crippen LogP contribution in [-0.2, 0) is 0 Å². The maximum Gasteiger partial charge on any atom is 0.409 e. The van der Waals surface area contributed by atoms with E-state index >= 15 is 0 Å². The van der Waals surface area contributed by atoms with Crippen molar-refractivity contribution in [1.29, 1.82) is 0 Å². The van der Waals surface area contributed by atoms with Crippen molar-refractivity contribution in [2.75, 3.05) is 12.4 Å². The number of methoxy groups -OCH3 is 1. The van der Waals surface area contributed by atoms with Gasteiger partial charge in [-0.1, -0.05) is 21.1 Å². The van der Waals surface area contributed by atoms with Gasteiger partial charge in [-0.3, -0.25) is 5.32 Å². The lowest BCUT2D eigenvalue weighted by Crippen LogP contribution is -2.08. The largest absolute Gasteiger partial charge is 0.496 e. The SMILES string of the molecule is COc1cc(Br)ccc1-c1onc(C)c1NC(=O)O. The van der Waals surface area contributed by atoms with Gasteiger partial charge in [0, 0.05) is 4.47 Å². The average molecular weight is 327 g/mol. The second kappa shape index (κ2) is 5.31. The smallest absolute Gasteiger partial charge is 0.409 e. The van der Waals surface area contributed by atoms with Crippen LogP contribution in [0.25, 0.3) is 11.3 Å². The number of halogens is 1. The number of aromatic nitrogens is 1. The fourth-order valence-electron chi connectivity index (χ4n) is 1.66. The molecule has 0 saturated carbocycles. The first-order valence-electron chi connectivity index (χ1n) is 5.33. The molecule has 0 atom stereocenters. The second-order valence-corrected chi connectivity index (χ2v) is 4.66. The minimum atomic E-state index is -1.18. The number of ether oxygens (including phenoxy) is 1. The van der Waals surface area contributed by atoms with Gasteiger partial charge in [0.1, 0.15) is 17.1 Å². The van der Waals surface area contributed by atoms with Gasteiger partial charge >= 0.3 is 6.09 Å². The summed E-state index contributed by atoms with van der Waals surface area (Å²) in [6, 6.07) is 5.33. The maximum atomic E-state index is 10.8. The van der Waals surface area contributed by atoms with E-state index < -0.39 is 6.09 Å². The Bertz CT molecular complexity index is 624. The van der Waals surface area contributed by atoms with Crippen LogP contribution in [0.1, 0.15) is 5.69 Å². The van der Waals surface area contributed by atoms with Crippen LogP contribution in [0.4, 0.5) is 10.5 Å². The Hall–Kier alpha value is -2.02. The molecule has 2 rings (SSSR count). The highest BCUT2D eigenvalue weighted by Crippen LogP contribution is 2.38. The number of nitrogens with zero attached hydrogens (tertiary/aromatic N) is 1. The third-order valence-electron chi connectivity index (χ3n) is 2.50. The van der Waals surface area contributed by atoms with E-state index in [-0.39, 0.29) is 0 Å². The summed E-state index contributed by atoms with van der Waals surface area (Å²) in [6.07, 6.45) is -1.18. The van der Waals surface area contributed by atoms with Crippen LogP contribution < -0.4 is 10.1 Å². The van der Waals surface area contributed by atoms with Crippen molar-refractivity contribution in [2.24, 2.45) is 0 Å². The van der Waals surface area contributed by atoms with E-state index in [1.54, 1.807) is 25.1 Å². The molecule has 7 heteroatoms. The van der Waals surface area contributed by atoms with E-state index in [1.807, 2.05) is 0 Å². The summed E-state index contributed by atoms with van der Waals surface area (Å²) < 4.78 is 11.3. The minimum absolute atomic E-state index is 0.313. The summed E-state index contributed by atoms with van der Waals surface area (Å²) >= 11 is 3.34. The molecule has 0 radical (unpaired) electrons. The van der Waals surface area contributed by atoms with E-state index in [4.69, 9.17) is 14.4 Å². The predicted molar refractivity (Wildman–Crippen MR) is 72.6 cm³/mol. The molecule has 19 heavy (non-hydrogen) atoms. The summed E-state index contributed by atoms with van der Waals surface area (Å²) in [7, 11) is 1.53. The zero-order valence-electron chi connectivity index (χ0n) is 10.2. The van der Waals surface area contributed by atoms with Crippen LogP contribution in [-0.4, -0.2) is 23.5 Å². The Morgan fingerprint density at radius 2 is 2.26 bits per heavy atom. The van der Waals surface area contributed by atoms with Gasteiger partial charge < -0.3 is 14.4 Å². The number of carboxylic acid groups (broad SMARTS) is 1. The molecule has 2 N–H and O–H groups in total. The highest BCUT2D eigenvalue weighted by molar-refractivity contribution is 9.10. The van der Waals surface area contributed by atoms with Crippen LogP contribution >= 0.6 is 15.9 Å². The van der Waals surface area contributed by atoms with Crippen LogP contribution in [0, 0.1) is 6.92 Å². The molecule has 0 unspecified atom stereocenters. The molecule has 1 heterocycles. The summed E-state index contributed by atoms with van der Waals surface area (Å²) in [5.74, 6) is 0.878. The first-order valence-corrected chi connectivity index (χ1v) is 6.12. The van der Waals surface area contributed by atoms with Crippen molar-refractivity contribution < 1.29 is 19.2 Å². The molecule has 100 valence electrons. The average Bonchev–Trinajstić information content (AvgIpc) is 2.70. The number of benzene rings is 1. The predicted octanol–water partition coefficient (Wildman–Crippen LogP) is 3.51. The molecule has 6 nitrogen and oxygen atoms in total. The van der Waals surface area contributed by atoms with Crippen LogP contribution in [0.15, 0.2) is 27.2 Å². The lowest BCUT2D eigenvalue weighted by atomic mass is 10.1. The number of aryl methyl sites for hydroxylation is 1. The molecular weight excluding hydrogens is 316 g/mol. The number of rotatable bonds is 3. The Labute approximate surface area is 117 Å². The zero-order chi connectivity index (χ0) is 14.0. The summed E-state index contributed by atoms with van der Waals surface area (Å²) in [4.78, 5) is 10.8. The first-order chi connectivity index (χ1) is 9.02. The van der Waals surface area contributed by atoms with Gasteiger partial charge in [-0.25, -0.2) is 4.79 Å². The molecule has 1 amide bonds. The maximum absolute atomic E-state index is 10.8. The second-order valence-electron chi connectivity index (χ2n) is 3.75. The Balaban J connectivity index is 2.56. The third-order valence-corrected chi connectivity index (χ3v) is 3.00. The molecule has 0 aliphatic heterocycles. The summed E-state index contributed by atoms with van der Waals surface area (Å²) in [6.45, 7) is 1.66. The van der Waals surface area contributed by atoms with Gasteiger partial charge in [0.25, 0.3) is 0 Å². The minimum Gasteiger partial charge on any atom is -0.496 e. The van der Waals surface area contributed by atoms with Crippen molar-refractivity contribution in [1.82, 2.24) is 5.16 Å². The van der Waals surface area contributed by atoms with Gasteiger partial charge in [0.15, 0.2) is 5.76 Å². The standard InChI is InChI=1S/C12H11BrN2O4/c1-6-10(14-12(16)17)11(19-15-6)8-4-3-7(13)5-9(8)18-2/h3-5,14H,1-2H3,(H,16,17). The van der Waals surface area contributed by atoms with E-state index in [0.29, 0.717) is 28.5 Å². The van der Waals surface area contributed by atoms with Crippen molar-refractivity contribution in [2.45, 2.75) is 6.92 Å². The zero-order valence-corrected chi connectivity index (χ0v) is 11.8. The van der Waals surface area contributed by atoms with Gasteiger partial charge in [0.05, 0.1) is 12.7 Å².